The summed E-state index contributed by atoms with van der Waals surface area (Å²) in [6.07, 6.45) is 7.61. The second-order valence-electron chi connectivity index (χ2n) is 12.2. The van der Waals surface area contributed by atoms with Gasteiger partial charge in [0.25, 0.3) is 0 Å². The van der Waals surface area contributed by atoms with Crippen molar-refractivity contribution >= 4 is 46.8 Å². The van der Waals surface area contributed by atoms with Gasteiger partial charge in [0.2, 0.25) is 0 Å². The molecule has 0 aliphatic heterocycles. The number of nitrogens with zero attached hydrogens (tertiary/aromatic N) is 6. The van der Waals surface area contributed by atoms with Crippen LogP contribution in [0.1, 0.15) is 98.2 Å². The van der Waals surface area contributed by atoms with Crippen molar-refractivity contribution in [1.29, 1.82) is 0 Å². The number of hydrogen-bond donors (Lipinski definition) is 3. The molecule has 49 heavy (non-hydrogen) atoms. The van der Waals surface area contributed by atoms with Gasteiger partial charge in [-0.05, 0) is 55.4 Å². The van der Waals surface area contributed by atoms with Gasteiger partial charge in [-0.3, -0.25) is 19.9 Å². The van der Waals surface area contributed by atoms with Gasteiger partial charge in [-0.25, -0.2) is 29.1 Å². The Morgan fingerprint density at radius 1 is 0.673 bits per heavy atom. The second-order valence-corrected chi connectivity index (χ2v) is 14.2. The van der Waals surface area contributed by atoms with Gasteiger partial charge in [-0.1, -0.05) is 0 Å². The van der Waals surface area contributed by atoms with E-state index in [4.69, 9.17) is 14.6 Å². The largest absolute Gasteiger partial charge is 0.477 e. The highest BCUT2D eigenvalue weighted by Crippen LogP contribution is 2.30. The van der Waals surface area contributed by atoms with E-state index in [1.165, 1.54) is 44.3 Å². The molecular weight excluding hydrogens is 677 g/mol. The normalized spacial score (nSPS) is 12.4. The highest BCUT2D eigenvalue weighted by molar-refractivity contribution is 7.17. The quantitative estimate of drug-likeness (QED) is 0.144. The number of methoxy groups -OCH3 is 1. The molecule has 16 nitrogen and oxygen atoms in total. The molecule has 4 aromatic rings. The number of carbonyl (C=O) groups is 4. The zero-order valence-electron chi connectivity index (χ0n) is 28.4. The first-order valence-electron chi connectivity index (χ1n) is 14.7. The Labute approximate surface area is 290 Å². The van der Waals surface area contributed by atoms with Crippen molar-refractivity contribution in [2.45, 2.75) is 78.7 Å². The van der Waals surface area contributed by atoms with Crippen LogP contribution >= 0.6 is 22.7 Å². The maximum absolute atomic E-state index is 12.0. The standard InChI is InChI=1S/C16H20N4O4S.C15H18N4O4S/c1-9(20-15(22)24-16(2,3)4)11-12(18-7-6-17-11)13-19-8-10(25-13)14(21)23-5;1-8(19-14(22)23-15(2,3)4)10-11(17-6-5-16-10)12-18-7-9(24-12)13(20)21/h6-9H,1-5H3,(H,20,22);5-8H,1-4H3,(H,19,22)(H,20,21)/t9-;8-/m00/s1. The molecule has 0 aromatic carbocycles. The van der Waals surface area contributed by atoms with Crippen molar-refractivity contribution in [3.8, 4) is 21.4 Å². The fourth-order valence-electron chi connectivity index (χ4n) is 3.83. The van der Waals surface area contributed by atoms with Crippen molar-refractivity contribution in [2.24, 2.45) is 0 Å². The van der Waals surface area contributed by atoms with Gasteiger partial charge in [-0.15, -0.1) is 22.7 Å². The molecule has 0 unspecified atom stereocenters. The number of ether oxygens (including phenoxy) is 3. The first kappa shape index (κ1) is 38.3. The summed E-state index contributed by atoms with van der Waals surface area (Å²) in [5.74, 6) is -1.52. The zero-order chi connectivity index (χ0) is 36.5. The third-order valence-electron chi connectivity index (χ3n) is 5.75. The fourth-order valence-corrected chi connectivity index (χ4v) is 5.43. The molecule has 2 atom stereocenters. The Kier molecular flexibility index (Phi) is 12.8. The minimum atomic E-state index is -1.05. The van der Waals surface area contributed by atoms with Crippen LogP contribution in [0.5, 0.6) is 0 Å². The summed E-state index contributed by atoms with van der Waals surface area (Å²) in [4.78, 5) is 72.3. The fraction of sp³-hybridized carbons (Fsp3) is 0.419. The molecule has 0 radical (unpaired) electrons. The lowest BCUT2D eigenvalue weighted by Gasteiger charge is -2.22. The summed E-state index contributed by atoms with van der Waals surface area (Å²) in [5.41, 5.74) is 0.721. The Morgan fingerprint density at radius 3 is 1.43 bits per heavy atom. The molecule has 2 amide bonds. The lowest BCUT2D eigenvalue weighted by molar-refractivity contribution is 0.0495. The van der Waals surface area contributed by atoms with Gasteiger partial charge < -0.3 is 30.0 Å². The van der Waals surface area contributed by atoms with Gasteiger partial charge in [-0.2, -0.15) is 0 Å². The molecular formula is C31H38N8O8S2. The van der Waals surface area contributed by atoms with Crippen molar-refractivity contribution in [3.05, 3.63) is 58.3 Å². The number of esters is 1. The summed E-state index contributed by atoms with van der Waals surface area (Å²) in [6, 6.07) is -0.940. The minimum Gasteiger partial charge on any atom is -0.477 e. The van der Waals surface area contributed by atoms with Crippen LogP contribution in [0.15, 0.2) is 37.2 Å². The number of aromatic carboxylic acids is 1. The van der Waals surface area contributed by atoms with Crippen LogP contribution in [0.3, 0.4) is 0 Å². The van der Waals surface area contributed by atoms with Crippen LogP contribution in [-0.4, -0.2) is 77.4 Å². The molecule has 4 heterocycles. The number of aromatic nitrogens is 6. The maximum Gasteiger partial charge on any atom is 0.408 e. The molecule has 0 saturated heterocycles. The SMILES string of the molecule is COC(=O)c1cnc(-c2nccnc2[C@H](C)NC(=O)OC(C)(C)C)s1.C[C@H](NC(=O)OC(C)(C)C)c1nccnc1-c1ncc(C(=O)O)s1. The van der Waals surface area contributed by atoms with Crippen LogP contribution in [0.25, 0.3) is 21.4 Å². The van der Waals surface area contributed by atoms with Crippen LogP contribution in [0, 0.1) is 0 Å². The number of thiazole rings is 2. The van der Waals surface area contributed by atoms with Gasteiger partial charge >= 0.3 is 24.1 Å². The molecule has 262 valence electrons. The first-order valence-corrected chi connectivity index (χ1v) is 16.4. The second kappa shape index (κ2) is 16.3. The van der Waals surface area contributed by atoms with Crippen LogP contribution < -0.4 is 10.6 Å². The summed E-state index contributed by atoms with van der Waals surface area (Å²) >= 11 is 2.14. The number of rotatable bonds is 8. The van der Waals surface area contributed by atoms with Gasteiger partial charge in [0, 0.05) is 24.8 Å². The number of carboxylic acid groups (broad SMARTS) is 1. The Hall–Kier alpha value is -5.10. The number of amides is 2. The number of hydrogen-bond acceptors (Lipinski definition) is 15. The summed E-state index contributed by atoms with van der Waals surface area (Å²) in [6.45, 7) is 14.2. The predicted octanol–water partition coefficient (Wildman–Crippen LogP) is 5.86. The van der Waals surface area contributed by atoms with E-state index in [0.717, 1.165) is 22.7 Å². The molecule has 4 rings (SSSR count). The van der Waals surface area contributed by atoms with E-state index in [0.29, 0.717) is 37.7 Å². The van der Waals surface area contributed by atoms with E-state index in [1.54, 1.807) is 55.4 Å². The molecule has 0 spiro atoms. The summed E-state index contributed by atoms with van der Waals surface area (Å²) in [7, 11) is 1.31. The lowest BCUT2D eigenvalue weighted by atomic mass is 10.2. The third-order valence-corrected chi connectivity index (χ3v) is 7.73. The molecule has 0 bridgehead atoms. The Balaban J connectivity index is 0.000000266. The Morgan fingerprint density at radius 2 is 1.06 bits per heavy atom. The van der Waals surface area contributed by atoms with Gasteiger partial charge in [0.15, 0.2) is 0 Å². The van der Waals surface area contributed by atoms with Crippen molar-refractivity contribution in [2.75, 3.05) is 7.11 Å². The third kappa shape index (κ3) is 11.5. The average Bonchev–Trinajstić information content (AvgIpc) is 3.70. The topological polar surface area (TPSA) is 218 Å². The molecule has 0 saturated carbocycles. The predicted molar refractivity (Wildman–Crippen MR) is 180 cm³/mol. The number of carboxylic acids is 1. The van der Waals surface area contributed by atoms with Crippen molar-refractivity contribution in [1.82, 2.24) is 40.5 Å². The number of alkyl carbamates (subject to hydrolysis) is 2. The number of nitrogens with one attached hydrogen (secondary N) is 2. The van der Waals surface area contributed by atoms with E-state index in [2.05, 4.69) is 45.3 Å². The Bertz CT molecular complexity index is 1780. The van der Waals surface area contributed by atoms with Gasteiger partial charge in [0.05, 0.1) is 43.0 Å². The van der Waals surface area contributed by atoms with E-state index >= 15 is 0 Å². The molecule has 0 aliphatic carbocycles. The smallest absolute Gasteiger partial charge is 0.408 e. The molecule has 0 fully saturated rings. The average molecular weight is 715 g/mol. The minimum absolute atomic E-state index is 0.106. The highest BCUT2D eigenvalue weighted by Gasteiger charge is 2.24. The van der Waals surface area contributed by atoms with Crippen LogP contribution in [0.2, 0.25) is 0 Å². The molecule has 0 aliphatic rings. The number of carbonyl (C=O) groups excluding carboxylic acids is 3. The molecule has 18 heteroatoms. The lowest BCUT2D eigenvalue weighted by Crippen LogP contribution is -2.34. The van der Waals surface area contributed by atoms with Crippen LogP contribution in [0.4, 0.5) is 9.59 Å². The van der Waals surface area contributed by atoms with Crippen molar-refractivity contribution < 1.29 is 38.5 Å². The first-order chi connectivity index (χ1) is 22.9. The van der Waals surface area contributed by atoms with Crippen molar-refractivity contribution in [3.63, 3.8) is 0 Å². The van der Waals surface area contributed by atoms with E-state index < -0.39 is 47.4 Å². The van der Waals surface area contributed by atoms with E-state index in [-0.39, 0.29) is 4.88 Å². The monoisotopic (exact) mass is 714 g/mol. The maximum atomic E-state index is 12.0. The summed E-state index contributed by atoms with van der Waals surface area (Å²) in [5, 5.41) is 15.4. The van der Waals surface area contributed by atoms with Crippen LogP contribution in [-0.2, 0) is 14.2 Å². The van der Waals surface area contributed by atoms with E-state index in [1.807, 2.05) is 0 Å². The van der Waals surface area contributed by atoms with Gasteiger partial charge in [0.1, 0.15) is 42.4 Å². The van der Waals surface area contributed by atoms with E-state index in [9.17, 15) is 19.2 Å². The molecule has 4 aromatic heterocycles. The zero-order valence-corrected chi connectivity index (χ0v) is 30.1. The highest BCUT2D eigenvalue weighted by atomic mass is 32.1. The summed E-state index contributed by atoms with van der Waals surface area (Å²) < 4.78 is 15.2. The molecule has 3 N–H and O–H groups in total.